The first-order chi connectivity index (χ1) is 10.1. The zero-order valence-corrected chi connectivity index (χ0v) is 13.4. The molecule has 0 fully saturated rings. The zero-order chi connectivity index (χ0) is 16.0. The number of ether oxygens (including phenoxy) is 2. The summed E-state index contributed by atoms with van der Waals surface area (Å²) in [6.07, 6.45) is 1.93. The Morgan fingerprint density at radius 3 is 2.33 bits per heavy atom. The van der Waals surface area contributed by atoms with E-state index in [0.29, 0.717) is 11.3 Å². The van der Waals surface area contributed by atoms with Gasteiger partial charge in [-0.3, -0.25) is 0 Å². The van der Waals surface area contributed by atoms with Gasteiger partial charge in [-0.25, -0.2) is 9.48 Å². The lowest BCUT2D eigenvalue weighted by atomic mass is 10.2. The first-order valence-corrected chi connectivity index (χ1v) is 6.86. The van der Waals surface area contributed by atoms with Gasteiger partial charge in [0.2, 0.25) is 0 Å². The van der Waals surface area contributed by atoms with Crippen molar-refractivity contribution in [3.05, 3.63) is 41.2 Å². The fourth-order valence-corrected chi connectivity index (χ4v) is 1.78. The van der Waals surface area contributed by atoms with E-state index in [4.69, 9.17) is 9.47 Å². The van der Waals surface area contributed by atoms with E-state index >= 15 is 0 Å². The average Bonchev–Trinajstić information content (AvgIpc) is 2.87. The van der Waals surface area contributed by atoms with Crippen LogP contribution in [0.5, 0.6) is 5.75 Å². The highest BCUT2D eigenvalue weighted by Gasteiger charge is 2.14. The van der Waals surface area contributed by atoms with E-state index < -0.39 is 5.97 Å². The lowest BCUT2D eigenvalue weighted by molar-refractivity contribution is 0.0597. The SMILES string of the molecule is CC.COC(=O)c1ccc(-n2cc(C)c(C)n2)cc1OC. The minimum absolute atomic E-state index is 0.398. The van der Waals surface area contributed by atoms with Gasteiger partial charge < -0.3 is 9.47 Å². The molecule has 0 atom stereocenters. The topological polar surface area (TPSA) is 53.4 Å². The molecule has 114 valence electrons. The van der Waals surface area contributed by atoms with Crippen LogP contribution in [0.1, 0.15) is 35.5 Å². The number of carbonyl (C=O) groups is 1. The highest BCUT2D eigenvalue weighted by Crippen LogP contribution is 2.23. The van der Waals surface area contributed by atoms with Gasteiger partial charge in [0.15, 0.2) is 0 Å². The molecule has 2 aromatic rings. The molecule has 0 unspecified atom stereocenters. The molecule has 0 aliphatic heterocycles. The number of rotatable bonds is 3. The Bertz CT molecular complexity index is 598. The number of aryl methyl sites for hydroxylation is 2. The number of hydrogen-bond acceptors (Lipinski definition) is 4. The van der Waals surface area contributed by atoms with Crippen molar-refractivity contribution >= 4 is 5.97 Å². The molecule has 1 heterocycles. The van der Waals surface area contributed by atoms with Crippen LogP contribution in [0.4, 0.5) is 0 Å². The van der Waals surface area contributed by atoms with Crippen LogP contribution in [0.15, 0.2) is 24.4 Å². The van der Waals surface area contributed by atoms with Crippen LogP contribution < -0.4 is 4.74 Å². The summed E-state index contributed by atoms with van der Waals surface area (Å²) >= 11 is 0. The number of carbonyl (C=O) groups excluding carboxylic acids is 1. The van der Waals surface area contributed by atoms with Gasteiger partial charge in [0.25, 0.3) is 0 Å². The molecule has 2 rings (SSSR count). The Balaban J connectivity index is 0.00000106. The predicted molar refractivity (Wildman–Crippen MR) is 82.3 cm³/mol. The van der Waals surface area contributed by atoms with Crippen molar-refractivity contribution in [2.75, 3.05) is 14.2 Å². The van der Waals surface area contributed by atoms with Crippen LogP contribution in [-0.2, 0) is 4.74 Å². The van der Waals surface area contributed by atoms with Gasteiger partial charge in [-0.2, -0.15) is 5.10 Å². The summed E-state index contributed by atoms with van der Waals surface area (Å²) in [5.41, 5.74) is 3.31. The smallest absolute Gasteiger partial charge is 0.341 e. The average molecular weight is 290 g/mol. The fraction of sp³-hybridized carbons (Fsp3) is 0.375. The second-order valence-electron chi connectivity index (χ2n) is 4.22. The highest BCUT2D eigenvalue weighted by molar-refractivity contribution is 5.92. The first kappa shape index (κ1) is 16.8. The maximum absolute atomic E-state index is 11.6. The van der Waals surface area contributed by atoms with Crippen molar-refractivity contribution in [3.8, 4) is 11.4 Å². The molecule has 1 aromatic carbocycles. The van der Waals surface area contributed by atoms with Crippen molar-refractivity contribution in [1.82, 2.24) is 9.78 Å². The molecule has 5 nitrogen and oxygen atoms in total. The fourth-order valence-electron chi connectivity index (χ4n) is 1.78. The molecule has 0 N–H and O–H groups in total. The van der Waals surface area contributed by atoms with Gasteiger partial charge in [0.1, 0.15) is 11.3 Å². The highest BCUT2D eigenvalue weighted by atomic mass is 16.5. The Morgan fingerprint density at radius 2 is 1.86 bits per heavy atom. The third kappa shape index (κ3) is 3.62. The molecule has 0 bridgehead atoms. The minimum Gasteiger partial charge on any atom is -0.496 e. The van der Waals surface area contributed by atoms with Crippen LogP contribution in [0, 0.1) is 13.8 Å². The second-order valence-corrected chi connectivity index (χ2v) is 4.22. The van der Waals surface area contributed by atoms with Gasteiger partial charge in [-0.05, 0) is 31.5 Å². The normalized spacial score (nSPS) is 9.62. The number of nitrogens with zero attached hydrogens (tertiary/aromatic N) is 2. The first-order valence-electron chi connectivity index (χ1n) is 6.86. The molecule has 0 saturated heterocycles. The summed E-state index contributed by atoms with van der Waals surface area (Å²) in [6, 6.07) is 5.24. The largest absolute Gasteiger partial charge is 0.496 e. The Kier molecular flexibility index (Phi) is 5.96. The molecule has 0 radical (unpaired) electrons. The van der Waals surface area contributed by atoms with E-state index in [-0.39, 0.29) is 0 Å². The summed E-state index contributed by atoms with van der Waals surface area (Å²) in [4.78, 5) is 11.6. The lowest BCUT2D eigenvalue weighted by Crippen LogP contribution is -2.05. The molecule has 0 amide bonds. The monoisotopic (exact) mass is 290 g/mol. The van der Waals surface area contributed by atoms with Crippen molar-refractivity contribution in [2.24, 2.45) is 0 Å². The Hall–Kier alpha value is -2.30. The molecule has 0 spiro atoms. The molecule has 21 heavy (non-hydrogen) atoms. The molecule has 0 aliphatic rings. The molecular weight excluding hydrogens is 268 g/mol. The van der Waals surface area contributed by atoms with Crippen LogP contribution in [0.3, 0.4) is 0 Å². The summed E-state index contributed by atoms with van der Waals surface area (Å²) in [5.74, 6) is 0.0476. The van der Waals surface area contributed by atoms with Crippen LogP contribution in [0.2, 0.25) is 0 Å². The molecule has 0 aliphatic carbocycles. The van der Waals surface area contributed by atoms with Gasteiger partial charge in [-0.1, -0.05) is 13.8 Å². The number of hydrogen-bond donors (Lipinski definition) is 0. The van der Waals surface area contributed by atoms with E-state index in [1.54, 1.807) is 22.9 Å². The third-order valence-electron chi connectivity index (χ3n) is 3.00. The number of methoxy groups -OCH3 is 2. The van der Waals surface area contributed by atoms with E-state index in [1.807, 2.05) is 33.9 Å². The van der Waals surface area contributed by atoms with Crippen molar-refractivity contribution in [3.63, 3.8) is 0 Å². The predicted octanol–water partition coefficient (Wildman–Crippen LogP) is 3.31. The van der Waals surface area contributed by atoms with E-state index in [2.05, 4.69) is 5.10 Å². The third-order valence-corrected chi connectivity index (χ3v) is 3.00. The van der Waals surface area contributed by atoms with Crippen LogP contribution in [0.25, 0.3) is 5.69 Å². The van der Waals surface area contributed by atoms with Crippen molar-refractivity contribution < 1.29 is 14.3 Å². The van der Waals surface area contributed by atoms with E-state index in [0.717, 1.165) is 16.9 Å². The lowest BCUT2D eigenvalue weighted by Gasteiger charge is -2.09. The van der Waals surface area contributed by atoms with Crippen molar-refractivity contribution in [2.45, 2.75) is 27.7 Å². The Morgan fingerprint density at radius 1 is 1.19 bits per heavy atom. The Labute approximate surface area is 125 Å². The van der Waals surface area contributed by atoms with E-state index in [1.165, 1.54) is 14.2 Å². The minimum atomic E-state index is -0.420. The van der Waals surface area contributed by atoms with E-state index in [9.17, 15) is 4.79 Å². The summed E-state index contributed by atoms with van der Waals surface area (Å²) in [5, 5.41) is 4.40. The molecule has 1 aromatic heterocycles. The summed E-state index contributed by atoms with van der Waals surface area (Å²) < 4.78 is 11.7. The molecule has 5 heteroatoms. The van der Waals surface area contributed by atoms with Gasteiger partial charge in [0.05, 0.1) is 25.6 Å². The maximum Gasteiger partial charge on any atom is 0.341 e. The quantitative estimate of drug-likeness (QED) is 0.814. The van der Waals surface area contributed by atoms with Crippen LogP contribution in [-0.4, -0.2) is 30.0 Å². The standard InChI is InChI=1S/C14H16N2O3.C2H6/c1-9-8-16(15-10(9)2)11-5-6-12(14(17)19-4)13(7-11)18-3;1-2/h5-8H,1-4H3;1-2H3. The summed E-state index contributed by atoms with van der Waals surface area (Å²) in [6.45, 7) is 7.95. The van der Waals surface area contributed by atoms with Gasteiger partial charge in [-0.15, -0.1) is 0 Å². The number of benzene rings is 1. The van der Waals surface area contributed by atoms with Crippen molar-refractivity contribution in [1.29, 1.82) is 0 Å². The summed E-state index contributed by atoms with van der Waals surface area (Å²) in [7, 11) is 2.86. The maximum atomic E-state index is 11.6. The zero-order valence-electron chi connectivity index (χ0n) is 13.4. The second kappa shape index (κ2) is 7.47. The van der Waals surface area contributed by atoms with Gasteiger partial charge in [0, 0.05) is 12.3 Å². The molecular formula is C16H22N2O3. The van der Waals surface area contributed by atoms with Gasteiger partial charge >= 0.3 is 5.97 Å². The molecule has 0 saturated carbocycles. The van der Waals surface area contributed by atoms with Crippen LogP contribution >= 0.6 is 0 Å². The number of aromatic nitrogens is 2. The number of esters is 1.